The molecule has 5 nitrogen and oxygen atoms in total. The van der Waals surface area contributed by atoms with Gasteiger partial charge < -0.3 is 15.5 Å². The number of rotatable bonds is 5. The highest BCUT2D eigenvalue weighted by atomic mass is 19.1. The number of nitrogens with zero attached hydrogens (tertiary/aromatic N) is 2. The summed E-state index contributed by atoms with van der Waals surface area (Å²) in [6, 6.07) is 12.9. The zero-order chi connectivity index (χ0) is 17.5. The van der Waals surface area contributed by atoms with E-state index < -0.39 is 11.8 Å². The molecule has 0 aromatic heterocycles. The first-order valence-corrected chi connectivity index (χ1v) is 7.45. The maximum absolute atomic E-state index is 13.1. The van der Waals surface area contributed by atoms with Gasteiger partial charge in [-0.05, 0) is 43.4 Å². The third-order valence-electron chi connectivity index (χ3n) is 3.39. The molecule has 2 amide bonds. The molecule has 24 heavy (non-hydrogen) atoms. The quantitative estimate of drug-likeness (QED) is 0.887. The fourth-order valence-electron chi connectivity index (χ4n) is 2.28. The van der Waals surface area contributed by atoms with Gasteiger partial charge in [0.25, 0.3) is 0 Å². The molecular formula is C18H19FN4O. The van der Waals surface area contributed by atoms with E-state index in [1.807, 2.05) is 44.4 Å². The van der Waals surface area contributed by atoms with Crippen molar-refractivity contribution in [3.05, 3.63) is 65.0 Å². The van der Waals surface area contributed by atoms with Gasteiger partial charge in [0.2, 0.25) is 0 Å². The highest BCUT2D eigenvalue weighted by Crippen LogP contribution is 2.16. The van der Waals surface area contributed by atoms with Crippen molar-refractivity contribution in [2.75, 3.05) is 19.4 Å². The Labute approximate surface area is 140 Å². The van der Waals surface area contributed by atoms with E-state index in [1.165, 1.54) is 12.1 Å². The van der Waals surface area contributed by atoms with Crippen LogP contribution in [0.3, 0.4) is 0 Å². The van der Waals surface area contributed by atoms with Gasteiger partial charge in [0.1, 0.15) is 11.9 Å². The summed E-state index contributed by atoms with van der Waals surface area (Å²) in [6.07, 6.45) is 0. The average molecular weight is 326 g/mol. The molecule has 0 aliphatic rings. The highest BCUT2D eigenvalue weighted by molar-refractivity contribution is 5.90. The first-order valence-electron chi connectivity index (χ1n) is 7.45. The molecule has 0 heterocycles. The highest BCUT2D eigenvalue weighted by Gasteiger charge is 2.09. The Bertz CT molecular complexity index is 768. The van der Waals surface area contributed by atoms with E-state index in [4.69, 9.17) is 5.26 Å². The van der Waals surface area contributed by atoms with Crippen molar-refractivity contribution in [3.63, 3.8) is 0 Å². The lowest BCUT2D eigenvalue weighted by Gasteiger charge is -2.15. The Balaban J connectivity index is 2.01. The Hall–Kier alpha value is -2.91. The van der Waals surface area contributed by atoms with Crippen LogP contribution in [0.1, 0.15) is 16.7 Å². The summed E-state index contributed by atoms with van der Waals surface area (Å²) in [5.41, 5.74) is 2.50. The molecule has 0 bridgehead atoms. The number of carbonyl (C=O) groups excluding carboxylic acids is 1. The molecule has 2 aromatic carbocycles. The predicted octanol–water partition coefficient (Wildman–Crippen LogP) is 3.08. The van der Waals surface area contributed by atoms with E-state index in [2.05, 4.69) is 15.5 Å². The predicted molar refractivity (Wildman–Crippen MR) is 90.8 cm³/mol. The second-order valence-electron chi connectivity index (χ2n) is 5.62. The number of hydrogen-bond acceptors (Lipinski definition) is 3. The van der Waals surface area contributed by atoms with Gasteiger partial charge >= 0.3 is 6.03 Å². The van der Waals surface area contributed by atoms with Gasteiger partial charge in [-0.2, -0.15) is 5.26 Å². The number of urea groups is 1. The summed E-state index contributed by atoms with van der Waals surface area (Å²) in [7, 11) is 3.96. The fraction of sp³-hybridized carbons (Fsp3) is 0.222. The topological polar surface area (TPSA) is 68.2 Å². The lowest BCUT2D eigenvalue weighted by atomic mass is 10.1. The van der Waals surface area contributed by atoms with Crippen molar-refractivity contribution in [2.45, 2.75) is 13.1 Å². The standard InChI is InChI=1S/C18H19FN4O/c1-23(2)12-14-6-4-3-5-13(14)11-21-18(24)22-17-8-7-16(19)9-15(17)10-20/h3-9H,11-12H2,1-2H3,(H2,21,22,24). The molecule has 0 fully saturated rings. The van der Waals surface area contributed by atoms with Gasteiger partial charge in [0.15, 0.2) is 0 Å². The maximum atomic E-state index is 13.1. The maximum Gasteiger partial charge on any atom is 0.319 e. The molecule has 2 rings (SSSR count). The summed E-state index contributed by atoms with van der Waals surface area (Å²) in [4.78, 5) is 14.1. The molecule has 0 atom stereocenters. The third-order valence-corrected chi connectivity index (χ3v) is 3.39. The lowest BCUT2D eigenvalue weighted by molar-refractivity contribution is 0.251. The Morgan fingerprint density at radius 3 is 2.58 bits per heavy atom. The van der Waals surface area contributed by atoms with E-state index in [0.29, 0.717) is 6.54 Å². The molecule has 0 unspecified atom stereocenters. The van der Waals surface area contributed by atoms with Crippen molar-refractivity contribution in [1.29, 1.82) is 5.26 Å². The Kier molecular flexibility index (Phi) is 5.88. The van der Waals surface area contributed by atoms with E-state index in [9.17, 15) is 9.18 Å². The molecular weight excluding hydrogens is 307 g/mol. The normalized spacial score (nSPS) is 10.3. The summed E-state index contributed by atoms with van der Waals surface area (Å²) in [6.45, 7) is 1.13. The number of nitriles is 1. The van der Waals surface area contributed by atoms with Gasteiger partial charge in [0.05, 0.1) is 11.3 Å². The summed E-state index contributed by atoms with van der Waals surface area (Å²) in [5, 5.41) is 14.3. The van der Waals surface area contributed by atoms with Crippen molar-refractivity contribution in [3.8, 4) is 6.07 Å². The summed E-state index contributed by atoms with van der Waals surface area (Å²) in [5.74, 6) is -0.518. The van der Waals surface area contributed by atoms with Crippen molar-refractivity contribution in [2.24, 2.45) is 0 Å². The first-order chi connectivity index (χ1) is 11.5. The van der Waals surface area contributed by atoms with Crippen LogP contribution in [0.15, 0.2) is 42.5 Å². The monoisotopic (exact) mass is 326 g/mol. The van der Waals surface area contributed by atoms with Crippen LogP contribution in [-0.4, -0.2) is 25.0 Å². The van der Waals surface area contributed by atoms with Crippen molar-refractivity contribution in [1.82, 2.24) is 10.2 Å². The smallest absolute Gasteiger partial charge is 0.319 e. The van der Waals surface area contributed by atoms with E-state index in [-0.39, 0.29) is 11.3 Å². The molecule has 0 saturated carbocycles. The van der Waals surface area contributed by atoms with Crippen LogP contribution in [0.4, 0.5) is 14.9 Å². The Morgan fingerprint density at radius 2 is 1.92 bits per heavy atom. The van der Waals surface area contributed by atoms with Gasteiger partial charge in [-0.1, -0.05) is 24.3 Å². The summed E-state index contributed by atoms with van der Waals surface area (Å²) < 4.78 is 13.1. The first kappa shape index (κ1) is 17.4. The minimum Gasteiger partial charge on any atom is -0.334 e. The molecule has 6 heteroatoms. The number of benzene rings is 2. The third kappa shape index (κ3) is 4.80. The van der Waals surface area contributed by atoms with E-state index in [1.54, 1.807) is 0 Å². The van der Waals surface area contributed by atoms with Gasteiger partial charge in [-0.3, -0.25) is 0 Å². The van der Waals surface area contributed by atoms with Crippen LogP contribution in [0.2, 0.25) is 0 Å². The molecule has 124 valence electrons. The minimum absolute atomic E-state index is 0.0816. The van der Waals surface area contributed by atoms with E-state index >= 15 is 0 Å². The number of anilines is 1. The van der Waals surface area contributed by atoms with Gasteiger partial charge in [-0.25, -0.2) is 9.18 Å². The Morgan fingerprint density at radius 1 is 1.21 bits per heavy atom. The minimum atomic E-state index is -0.518. The van der Waals surface area contributed by atoms with Crippen LogP contribution in [-0.2, 0) is 13.1 Å². The van der Waals surface area contributed by atoms with Crippen molar-refractivity contribution >= 4 is 11.7 Å². The van der Waals surface area contributed by atoms with Crippen LogP contribution in [0.25, 0.3) is 0 Å². The lowest BCUT2D eigenvalue weighted by Crippen LogP contribution is -2.29. The molecule has 0 radical (unpaired) electrons. The molecule has 2 N–H and O–H groups in total. The second kappa shape index (κ2) is 8.09. The van der Waals surface area contributed by atoms with Crippen LogP contribution < -0.4 is 10.6 Å². The molecule has 2 aromatic rings. The van der Waals surface area contributed by atoms with Crippen molar-refractivity contribution < 1.29 is 9.18 Å². The number of hydrogen-bond donors (Lipinski definition) is 2. The van der Waals surface area contributed by atoms with Gasteiger partial charge in [0, 0.05) is 13.1 Å². The zero-order valence-electron chi connectivity index (χ0n) is 13.6. The second-order valence-corrected chi connectivity index (χ2v) is 5.62. The summed E-state index contributed by atoms with van der Waals surface area (Å²) >= 11 is 0. The largest absolute Gasteiger partial charge is 0.334 e. The average Bonchev–Trinajstić information content (AvgIpc) is 2.55. The number of halogens is 1. The van der Waals surface area contributed by atoms with Crippen LogP contribution >= 0.6 is 0 Å². The number of nitrogens with one attached hydrogen (secondary N) is 2. The molecule has 0 saturated heterocycles. The number of amides is 2. The molecule has 0 aliphatic carbocycles. The molecule has 0 aliphatic heterocycles. The van der Waals surface area contributed by atoms with Gasteiger partial charge in [-0.15, -0.1) is 0 Å². The number of carbonyl (C=O) groups is 1. The van der Waals surface area contributed by atoms with Crippen LogP contribution in [0, 0.1) is 17.1 Å². The zero-order valence-corrected chi connectivity index (χ0v) is 13.6. The van der Waals surface area contributed by atoms with E-state index in [0.717, 1.165) is 23.7 Å². The SMILES string of the molecule is CN(C)Cc1ccccc1CNC(=O)Nc1ccc(F)cc1C#N. The molecule has 0 spiro atoms. The van der Waals surface area contributed by atoms with Crippen LogP contribution in [0.5, 0.6) is 0 Å². The fourth-order valence-corrected chi connectivity index (χ4v) is 2.28.